The summed E-state index contributed by atoms with van der Waals surface area (Å²) < 4.78 is 36.2. The van der Waals surface area contributed by atoms with Gasteiger partial charge in [0.1, 0.15) is 0 Å². The van der Waals surface area contributed by atoms with Gasteiger partial charge in [-0.1, -0.05) is 18.2 Å². The van der Waals surface area contributed by atoms with Crippen LogP contribution in [0, 0.1) is 11.7 Å². The lowest BCUT2D eigenvalue weighted by atomic mass is 9.93. The monoisotopic (exact) mass is 299 g/mol. The van der Waals surface area contributed by atoms with Crippen molar-refractivity contribution >= 4 is 6.98 Å². The van der Waals surface area contributed by atoms with E-state index >= 15 is 0 Å². The fourth-order valence-corrected chi connectivity index (χ4v) is 2.03. The molecule has 21 heavy (non-hydrogen) atoms. The van der Waals surface area contributed by atoms with Gasteiger partial charge < -0.3 is 17.4 Å². The molecule has 0 saturated heterocycles. The molecular formula is C16H25BF3N. The number of benzene rings is 1. The van der Waals surface area contributed by atoms with Crippen molar-refractivity contribution in [1.29, 1.82) is 0 Å². The molecule has 5 heteroatoms. The van der Waals surface area contributed by atoms with Crippen molar-refractivity contribution in [3.05, 3.63) is 35.9 Å². The molecule has 0 spiro atoms. The normalized spacial score (nSPS) is 11.0. The lowest BCUT2D eigenvalue weighted by Gasteiger charge is -2.34. The van der Waals surface area contributed by atoms with Crippen LogP contribution in [-0.2, 0) is 0 Å². The Balaban J connectivity index is 0.000000400. The summed E-state index contributed by atoms with van der Waals surface area (Å²) in [4.78, 5) is 0. The lowest BCUT2D eigenvalue weighted by Crippen LogP contribution is -2.47. The Hall–Kier alpha value is -1.41. The van der Waals surface area contributed by atoms with Gasteiger partial charge in [0.25, 0.3) is 0 Å². The van der Waals surface area contributed by atoms with Gasteiger partial charge in [0, 0.05) is 5.56 Å². The molecule has 0 aliphatic carbocycles. The smallest absolute Gasteiger partial charge is 0.438 e. The van der Waals surface area contributed by atoms with Gasteiger partial charge in [-0.3, -0.25) is 0 Å². The average Bonchev–Trinajstić information content (AvgIpc) is 2.49. The molecule has 0 N–H and O–H groups in total. The topological polar surface area (TPSA) is 0 Å². The van der Waals surface area contributed by atoms with Gasteiger partial charge in [0.15, 0.2) is 0 Å². The summed E-state index contributed by atoms with van der Waals surface area (Å²) in [6.07, 6.45) is 0. The maximum Gasteiger partial charge on any atom is 0.558 e. The summed E-state index contributed by atoms with van der Waals surface area (Å²) >= 11 is 0. The minimum absolute atomic E-state index is 0.386. The predicted octanol–water partition coefficient (Wildman–Crippen LogP) is 4.31. The van der Waals surface area contributed by atoms with E-state index < -0.39 is 6.98 Å². The Labute approximate surface area is 126 Å². The highest BCUT2D eigenvalue weighted by Crippen LogP contribution is 2.06. The number of nitrogens with zero attached hydrogens (tertiary/aromatic N) is 1. The molecule has 0 atom stereocenters. The Morgan fingerprint density at radius 2 is 1.29 bits per heavy atom. The van der Waals surface area contributed by atoms with Crippen LogP contribution in [0.4, 0.5) is 12.9 Å². The highest BCUT2D eigenvalue weighted by molar-refractivity contribution is 6.67. The standard InChI is InChI=1S/C8H5BF3.C8H20N/c10-9(11,12)7-6-8-4-2-1-3-5-8;1-5-9(6-2,7-3)8-4/h1-5H;5-8H2,1-4H3/q-1;+1. The molecule has 1 nitrogen and oxygen atoms in total. The SMILES string of the molecule is CC[N+](CC)(CC)CC.F[B-](F)(F)C#Cc1ccccc1. The van der Waals surface area contributed by atoms with Crippen molar-refractivity contribution in [1.82, 2.24) is 0 Å². The summed E-state index contributed by atoms with van der Waals surface area (Å²) in [7, 11) is 0. The molecule has 1 rings (SSSR count). The largest absolute Gasteiger partial charge is 0.558 e. The number of hydrogen-bond donors (Lipinski definition) is 0. The molecular weight excluding hydrogens is 274 g/mol. The fraction of sp³-hybridized carbons (Fsp3) is 0.500. The summed E-state index contributed by atoms with van der Waals surface area (Å²) in [5, 5.41) is 0. The third kappa shape index (κ3) is 8.47. The summed E-state index contributed by atoms with van der Waals surface area (Å²) in [5.41, 5.74) is 0.386. The van der Waals surface area contributed by atoms with E-state index in [1.54, 1.807) is 18.2 Å². The molecule has 118 valence electrons. The highest BCUT2D eigenvalue weighted by Gasteiger charge is 2.18. The molecule has 1 aromatic rings. The lowest BCUT2D eigenvalue weighted by molar-refractivity contribution is -0.921. The van der Waals surface area contributed by atoms with Gasteiger partial charge in [-0.2, -0.15) is 5.82 Å². The zero-order valence-corrected chi connectivity index (χ0v) is 13.4. The second-order valence-corrected chi connectivity index (χ2v) is 4.82. The quantitative estimate of drug-likeness (QED) is 0.441. The Morgan fingerprint density at radius 3 is 1.57 bits per heavy atom. The van der Waals surface area contributed by atoms with Crippen LogP contribution in [0.5, 0.6) is 0 Å². The molecule has 0 radical (unpaired) electrons. The van der Waals surface area contributed by atoms with Crippen LogP contribution in [0.1, 0.15) is 33.3 Å². The molecule has 1 aromatic carbocycles. The van der Waals surface area contributed by atoms with Gasteiger partial charge in [0.2, 0.25) is 0 Å². The van der Waals surface area contributed by atoms with E-state index in [2.05, 4.69) is 27.7 Å². The maximum absolute atomic E-state index is 11.6. The molecule has 0 amide bonds. The first-order valence-electron chi connectivity index (χ1n) is 7.45. The number of rotatable bonds is 4. The zero-order valence-electron chi connectivity index (χ0n) is 13.4. The highest BCUT2D eigenvalue weighted by atomic mass is 19.4. The van der Waals surface area contributed by atoms with Crippen LogP contribution in [0.25, 0.3) is 0 Å². The third-order valence-electron chi connectivity index (χ3n) is 3.84. The molecule has 0 unspecified atom stereocenters. The van der Waals surface area contributed by atoms with Gasteiger partial charge in [-0.15, -0.1) is 5.92 Å². The predicted molar refractivity (Wildman–Crippen MR) is 84.8 cm³/mol. The molecule has 0 saturated carbocycles. The first-order chi connectivity index (χ1) is 9.82. The minimum Gasteiger partial charge on any atom is -0.438 e. The number of halogens is 3. The Kier molecular flexibility index (Phi) is 8.88. The van der Waals surface area contributed by atoms with Gasteiger partial charge in [-0.25, -0.2) is 0 Å². The van der Waals surface area contributed by atoms with E-state index in [-0.39, 0.29) is 0 Å². The first-order valence-corrected chi connectivity index (χ1v) is 7.45. The van der Waals surface area contributed by atoms with E-state index in [4.69, 9.17) is 0 Å². The third-order valence-corrected chi connectivity index (χ3v) is 3.84. The van der Waals surface area contributed by atoms with Crippen LogP contribution in [0.2, 0.25) is 0 Å². The van der Waals surface area contributed by atoms with Gasteiger partial charge in [0.05, 0.1) is 26.2 Å². The fourth-order valence-electron chi connectivity index (χ4n) is 2.03. The van der Waals surface area contributed by atoms with Crippen LogP contribution >= 0.6 is 0 Å². The van der Waals surface area contributed by atoms with Crippen molar-refractivity contribution < 1.29 is 17.4 Å². The summed E-state index contributed by atoms with van der Waals surface area (Å²) in [5.74, 6) is 3.29. The van der Waals surface area contributed by atoms with E-state index in [9.17, 15) is 12.9 Å². The summed E-state index contributed by atoms with van der Waals surface area (Å²) in [6.45, 7) is 9.23. The van der Waals surface area contributed by atoms with Crippen molar-refractivity contribution in [3.63, 3.8) is 0 Å². The second-order valence-electron chi connectivity index (χ2n) is 4.82. The second kappa shape index (κ2) is 9.52. The van der Waals surface area contributed by atoms with Crippen LogP contribution in [-0.4, -0.2) is 37.6 Å². The molecule has 0 aliphatic heterocycles. The van der Waals surface area contributed by atoms with E-state index in [1.165, 1.54) is 48.6 Å². The van der Waals surface area contributed by atoms with Crippen molar-refractivity contribution in [2.75, 3.05) is 26.2 Å². The minimum atomic E-state index is -4.99. The van der Waals surface area contributed by atoms with Crippen molar-refractivity contribution in [3.8, 4) is 11.7 Å². The molecule has 0 aromatic heterocycles. The molecule has 0 aliphatic rings. The maximum atomic E-state index is 11.6. The summed E-state index contributed by atoms with van der Waals surface area (Å²) in [6, 6.07) is 8.09. The van der Waals surface area contributed by atoms with Crippen molar-refractivity contribution in [2.24, 2.45) is 0 Å². The Morgan fingerprint density at radius 1 is 0.857 bits per heavy atom. The number of hydrogen-bond acceptors (Lipinski definition) is 0. The van der Waals surface area contributed by atoms with E-state index in [0.717, 1.165) is 0 Å². The zero-order chi connectivity index (χ0) is 16.4. The molecule has 0 bridgehead atoms. The number of quaternary nitrogens is 1. The van der Waals surface area contributed by atoms with Crippen molar-refractivity contribution in [2.45, 2.75) is 27.7 Å². The molecule has 0 fully saturated rings. The first kappa shape index (κ1) is 19.6. The van der Waals surface area contributed by atoms with Crippen LogP contribution < -0.4 is 0 Å². The average molecular weight is 299 g/mol. The van der Waals surface area contributed by atoms with Crippen LogP contribution in [0.15, 0.2) is 30.3 Å². The van der Waals surface area contributed by atoms with E-state index in [0.29, 0.717) is 5.56 Å². The Bertz CT molecular complexity index is 425. The van der Waals surface area contributed by atoms with Crippen LogP contribution in [0.3, 0.4) is 0 Å². The van der Waals surface area contributed by atoms with E-state index in [1.807, 2.05) is 5.92 Å². The molecule has 0 heterocycles. The van der Waals surface area contributed by atoms with Gasteiger partial charge in [-0.05, 0) is 39.8 Å². The van der Waals surface area contributed by atoms with Gasteiger partial charge >= 0.3 is 6.98 Å².